The molecule has 0 aromatic heterocycles. The highest BCUT2D eigenvalue weighted by molar-refractivity contribution is 7.91. The van der Waals surface area contributed by atoms with Crippen LogP contribution in [0.1, 0.15) is 99.1 Å². The topological polar surface area (TPSA) is 159 Å². The third kappa shape index (κ3) is 7.57. The van der Waals surface area contributed by atoms with Crippen LogP contribution in [0.2, 0.25) is 0 Å². The van der Waals surface area contributed by atoms with Gasteiger partial charge in [0, 0.05) is 23.6 Å². The van der Waals surface area contributed by atoms with E-state index in [-0.39, 0.29) is 49.9 Å². The highest BCUT2D eigenvalue weighted by Gasteiger charge is 2.62. The first kappa shape index (κ1) is 37.8. The van der Waals surface area contributed by atoms with Crippen molar-refractivity contribution in [3.05, 3.63) is 42.0 Å². The molecule has 1 saturated heterocycles. The first-order valence-corrected chi connectivity index (χ1v) is 19.1. The summed E-state index contributed by atoms with van der Waals surface area (Å²) in [6.07, 6.45) is 0.732. The first-order chi connectivity index (χ1) is 23.2. The van der Waals surface area contributed by atoms with E-state index in [9.17, 15) is 22.8 Å². The molecule has 3 fully saturated rings. The zero-order valence-corrected chi connectivity index (χ0v) is 31.6. The highest BCUT2D eigenvalue weighted by atomic mass is 32.2. The van der Waals surface area contributed by atoms with E-state index in [4.69, 9.17) is 14.6 Å². The quantitative estimate of drug-likeness (QED) is 0.276. The lowest BCUT2D eigenvalue weighted by Crippen LogP contribution is -2.59. The summed E-state index contributed by atoms with van der Waals surface area (Å²) in [6, 6.07) is 5.99. The SMILES string of the molecule is C=C1c2ccccc2C(OC2CC(C(=O)NC3(C(=O)NS(=O)(=O)C4(C)CC4)CC3C)N(C(=O)C(NCOC(C)(C)C)C(C)C)C2)=NN1C(C)C. The number of nitrogens with one attached hydrogen (secondary N) is 3. The van der Waals surface area contributed by atoms with E-state index in [0.29, 0.717) is 18.7 Å². The van der Waals surface area contributed by atoms with Gasteiger partial charge >= 0.3 is 0 Å². The number of carbonyl (C=O) groups is 3. The molecule has 0 spiro atoms. The van der Waals surface area contributed by atoms with E-state index >= 15 is 0 Å². The molecule has 1 aromatic carbocycles. The number of hydrogen-bond donors (Lipinski definition) is 3. The Morgan fingerprint density at radius 2 is 1.72 bits per heavy atom. The molecule has 50 heavy (non-hydrogen) atoms. The summed E-state index contributed by atoms with van der Waals surface area (Å²) < 4.78 is 39.5. The number of hydrogen-bond acceptors (Lipinski definition) is 10. The van der Waals surface area contributed by atoms with Crippen molar-refractivity contribution in [1.29, 1.82) is 0 Å². The van der Waals surface area contributed by atoms with Gasteiger partial charge in [0.25, 0.3) is 5.91 Å². The van der Waals surface area contributed by atoms with Crippen molar-refractivity contribution in [1.82, 2.24) is 25.3 Å². The predicted molar refractivity (Wildman–Crippen MR) is 191 cm³/mol. The molecule has 5 rings (SSSR count). The summed E-state index contributed by atoms with van der Waals surface area (Å²) in [6.45, 7) is 21.4. The Kier molecular flexibility index (Phi) is 10.2. The van der Waals surface area contributed by atoms with Crippen LogP contribution in [0.15, 0.2) is 35.9 Å². The van der Waals surface area contributed by atoms with Crippen molar-refractivity contribution in [2.75, 3.05) is 13.3 Å². The molecule has 2 aliphatic heterocycles. The summed E-state index contributed by atoms with van der Waals surface area (Å²) in [5.74, 6) is -1.69. The lowest BCUT2D eigenvalue weighted by Gasteiger charge is -2.32. The highest BCUT2D eigenvalue weighted by Crippen LogP contribution is 2.46. The van der Waals surface area contributed by atoms with E-state index in [2.05, 4.69) is 21.9 Å². The average molecular weight is 715 g/mol. The fourth-order valence-corrected chi connectivity index (χ4v) is 7.81. The zero-order valence-electron chi connectivity index (χ0n) is 30.8. The summed E-state index contributed by atoms with van der Waals surface area (Å²) in [4.78, 5) is 43.5. The molecule has 1 aromatic rings. The van der Waals surface area contributed by atoms with Gasteiger partial charge in [0.15, 0.2) is 0 Å². The zero-order chi connectivity index (χ0) is 37.0. The van der Waals surface area contributed by atoms with Crippen LogP contribution < -0.4 is 15.4 Å². The fourth-order valence-electron chi connectivity index (χ4n) is 6.49. The van der Waals surface area contributed by atoms with Gasteiger partial charge in [-0.3, -0.25) is 29.4 Å². The van der Waals surface area contributed by atoms with Gasteiger partial charge < -0.3 is 19.7 Å². The van der Waals surface area contributed by atoms with Crippen LogP contribution in [0.4, 0.5) is 0 Å². The van der Waals surface area contributed by atoms with E-state index in [1.807, 2.05) is 72.7 Å². The molecule has 2 aliphatic carbocycles. The van der Waals surface area contributed by atoms with E-state index < -0.39 is 55.9 Å². The number of nitrogens with zero attached hydrogens (tertiary/aromatic N) is 3. The minimum atomic E-state index is -3.91. The maximum atomic E-state index is 14.3. The maximum absolute atomic E-state index is 14.3. The van der Waals surface area contributed by atoms with Gasteiger partial charge in [-0.2, -0.15) is 0 Å². The standard InChI is InChI=1S/C36H54N6O7S/c1-21(2)29(37-20-48-34(7,8)9)32(44)41-19-25(49-31-27-14-12-11-13-26(27)24(6)42(39-31)22(3)4)17-28(41)30(43)38-36(18-23(36)5)33(45)40-50(46,47)35(10)15-16-35/h11-14,21-23,25,28-29,37H,6,15-20H2,1-5,7-10H3,(H,38,43)(H,40,45). The Morgan fingerprint density at radius 3 is 2.26 bits per heavy atom. The van der Waals surface area contributed by atoms with Crippen LogP contribution in [0.25, 0.3) is 5.70 Å². The minimum absolute atomic E-state index is 0.00277. The molecular formula is C36H54N6O7S. The minimum Gasteiger partial charge on any atom is -0.471 e. The summed E-state index contributed by atoms with van der Waals surface area (Å²) in [7, 11) is -3.91. The molecule has 5 unspecified atom stereocenters. The molecule has 2 heterocycles. The number of rotatable bonds is 12. The molecule has 4 aliphatic rings. The number of carbonyl (C=O) groups excluding carboxylic acids is 3. The maximum Gasteiger partial charge on any atom is 0.259 e. The van der Waals surface area contributed by atoms with Crippen molar-refractivity contribution in [3.8, 4) is 0 Å². The molecule has 0 bridgehead atoms. The molecule has 13 nitrogen and oxygen atoms in total. The van der Waals surface area contributed by atoms with Gasteiger partial charge in [-0.1, -0.05) is 45.5 Å². The van der Waals surface area contributed by atoms with Gasteiger partial charge in [0.05, 0.1) is 35.4 Å². The third-order valence-electron chi connectivity index (χ3n) is 10.2. The molecule has 14 heteroatoms. The number of fused-ring (bicyclic) bond motifs is 1. The fraction of sp³-hybridized carbons (Fsp3) is 0.667. The molecule has 2 saturated carbocycles. The first-order valence-electron chi connectivity index (χ1n) is 17.6. The van der Waals surface area contributed by atoms with Crippen molar-refractivity contribution >= 4 is 39.3 Å². The molecule has 3 N–H and O–H groups in total. The van der Waals surface area contributed by atoms with E-state index in [1.165, 1.54) is 4.90 Å². The largest absolute Gasteiger partial charge is 0.471 e. The number of sulfonamides is 1. The second-order valence-corrected chi connectivity index (χ2v) is 18.3. The van der Waals surface area contributed by atoms with Crippen molar-refractivity contribution < 1.29 is 32.3 Å². The Morgan fingerprint density at radius 1 is 1.10 bits per heavy atom. The van der Waals surface area contributed by atoms with Gasteiger partial charge in [-0.25, -0.2) is 8.42 Å². The molecule has 5 atom stereocenters. The van der Waals surface area contributed by atoms with E-state index in [1.54, 1.807) is 18.9 Å². The van der Waals surface area contributed by atoms with Crippen molar-refractivity contribution in [3.63, 3.8) is 0 Å². The van der Waals surface area contributed by atoms with Crippen LogP contribution in [0, 0.1) is 11.8 Å². The van der Waals surface area contributed by atoms with Gasteiger partial charge in [0.1, 0.15) is 17.7 Å². The molecule has 276 valence electrons. The van der Waals surface area contributed by atoms with Crippen LogP contribution in [-0.2, 0) is 33.9 Å². The average Bonchev–Trinajstić information content (AvgIpc) is 3.88. The van der Waals surface area contributed by atoms with Gasteiger partial charge in [-0.05, 0) is 78.7 Å². The number of ether oxygens (including phenoxy) is 2. The van der Waals surface area contributed by atoms with Crippen LogP contribution >= 0.6 is 0 Å². The lowest BCUT2D eigenvalue weighted by molar-refractivity contribution is -0.142. The Hall–Kier alpha value is -3.49. The second-order valence-electron chi connectivity index (χ2n) is 16.1. The molecule has 0 radical (unpaired) electrons. The lowest BCUT2D eigenvalue weighted by atomic mass is 10.0. The Labute approximate surface area is 296 Å². The van der Waals surface area contributed by atoms with Crippen molar-refractivity contribution in [2.24, 2.45) is 16.9 Å². The van der Waals surface area contributed by atoms with Crippen LogP contribution in [-0.4, -0.2) is 95.3 Å². The van der Waals surface area contributed by atoms with Gasteiger partial charge in [0.2, 0.25) is 27.7 Å². The monoisotopic (exact) mass is 714 g/mol. The van der Waals surface area contributed by atoms with Crippen LogP contribution in [0.3, 0.4) is 0 Å². The van der Waals surface area contributed by atoms with Crippen LogP contribution in [0.5, 0.6) is 0 Å². The smallest absolute Gasteiger partial charge is 0.259 e. The number of hydrazone groups is 1. The second kappa shape index (κ2) is 13.6. The summed E-state index contributed by atoms with van der Waals surface area (Å²) in [5.41, 5.74) is 0.545. The number of benzene rings is 1. The third-order valence-corrected chi connectivity index (χ3v) is 12.4. The number of amides is 3. The molecular weight excluding hydrogens is 660 g/mol. The summed E-state index contributed by atoms with van der Waals surface area (Å²) >= 11 is 0. The Bertz CT molecular complexity index is 1660. The van der Waals surface area contributed by atoms with E-state index in [0.717, 1.165) is 16.8 Å². The molecule has 3 amide bonds. The number of likely N-dealkylation sites (tertiary alicyclic amines) is 1. The van der Waals surface area contributed by atoms with Gasteiger partial charge in [-0.15, -0.1) is 5.10 Å². The normalized spacial score (nSPS) is 26.3. The summed E-state index contributed by atoms with van der Waals surface area (Å²) in [5, 5.41) is 12.7. The van der Waals surface area contributed by atoms with Crippen molar-refractivity contribution in [2.45, 2.75) is 128 Å². The Balaban J connectivity index is 1.41. The predicted octanol–water partition coefficient (Wildman–Crippen LogP) is 3.31.